The fourth-order valence-electron chi connectivity index (χ4n) is 2.85. The van der Waals surface area contributed by atoms with Crippen molar-refractivity contribution in [1.82, 2.24) is 0 Å². The van der Waals surface area contributed by atoms with E-state index >= 15 is 0 Å². The summed E-state index contributed by atoms with van der Waals surface area (Å²) < 4.78 is 26.7. The molecule has 0 spiro atoms. The van der Waals surface area contributed by atoms with Crippen LogP contribution in [0.4, 0.5) is 0 Å². The van der Waals surface area contributed by atoms with Crippen LogP contribution < -0.4 is 18.9 Å². The van der Waals surface area contributed by atoms with E-state index in [1.165, 1.54) is 0 Å². The minimum atomic E-state index is -0.771. The highest BCUT2D eigenvalue weighted by Crippen LogP contribution is 2.36. The number of carbonyl (C=O) groups is 2. The van der Waals surface area contributed by atoms with Crippen LogP contribution in [0.1, 0.15) is 29.8 Å². The number of Topliss-reactive ketones (excluding diaryl/α,β-unsaturated/α-hetero) is 1. The van der Waals surface area contributed by atoms with Gasteiger partial charge in [0.25, 0.3) is 0 Å². The molecule has 2 aromatic carbocycles. The van der Waals surface area contributed by atoms with Crippen molar-refractivity contribution >= 4 is 17.8 Å². The second kappa shape index (κ2) is 8.68. The van der Waals surface area contributed by atoms with Gasteiger partial charge < -0.3 is 23.7 Å². The molecule has 0 aromatic heterocycles. The fourth-order valence-corrected chi connectivity index (χ4v) is 2.85. The summed E-state index contributed by atoms with van der Waals surface area (Å²) in [6, 6.07) is 10.1. The molecule has 0 N–H and O–H groups in total. The maximum Gasteiger partial charge on any atom is 0.347 e. The van der Waals surface area contributed by atoms with Gasteiger partial charge in [-0.3, -0.25) is 4.79 Å². The van der Waals surface area contributed by atoms with Crippen LogP contribution in [0.15, 0.2) is 42.2 Å². The van der Waals surface area contributed by atoms with Gasteiger partial charge in [0.15, 0.2) is 23.4 Å². The summed E-state index contributed by atoms with van der Waals surface area (Å²) in [5.74, 6) is 1.41. The number of allylic oxidation sites excluding steroid dienone is 1. The zero-order chi connectivity index (χ0) is 21.0. The largest absolute Gasteiger partial charge is 0.493 e. The predicted octanol–water partition coefficient (Wildman–Crippen LogP) is 3.65. The first-order valence-corrected chi connectivity index (χ1v) is 9.10. The van der Waals surface area contributed by atoms with E-state index in [-0.39, 0.29) is 18.1 Å². The Labute approximate surface area is 168 Å². The highest BCUT2D eigenvalue weighted by Gasteiger charge is 2.28. The van der Waals surface area contributed by atoms with Gasteiger partial charge in [0, 0.05) is 6.07 Å². The van der Waals surface area contributed by atoms with E-state index in [0.717, 1.165) is 5.56 Å². The van der Waals surface area contributed by atoms with Crippen LogP contribution in [-0.4, -0.2) is 38.7 Å². The number of rotatable bonds is 7. The summed E-state index contributed by atoms with van der Waals surface area (Å²) in [4.78, 5) is 24.4. The number of carbonyl (C=O) groups excluding carboxylic acids is 2. The summed E-state index contributed by atoms with van der Waals surface area (Å²) in [7, 11) is 3.10. The van der Waals surface area contributed by atoms with E-state index in [1.807, 2.05) is 0 Å². The fraction of sp³-hybridized carbons (Fsp3) is 0.273. The van der Waals surface area contributed by atoms with Crippen molar-refractivity contribution in [2.45, 2.75) is 20.0 Å². The second-order valence-corrected chi connectivity index (χ2v) is 6.22. The Morgan fingerprint density at radius 1 is 1.10 bits per heavy atom. The third-order valence-electron chi connectivity index (χ3n) is 4.28. The maximum atomic E-state index is 12.6. The molecular weight excluding hydrogens is 376 g/mol. The van der Waals surface area contributed by atoms with Gasteiger partial charge in [0.1, 0.15) is 11.5 Å². The van der Waals surface area contributed by atoms with E-state index in [1.54, 1.807) is 70.5 Å². The van der Waals surface area contributed by atoms with Crippen LogP contribution in [0.5, 0.6) is 23.0 Å². The number of hydrogen-bond donors (Lipinski definition) is 0. The molecule has 0 bridgehead atoms. The van der Waals surface area contributed by atoms with Gasteiger partial charge in [-0.1, -0.05) is 6.07 Å². The van der Waals surface area contributed by atoms with Crippen LogP contribution in [0.2, 0.25) is 0 Å². The van der Waals surface area contributed by atoms with Gasteiger partial charge in [0.05, 0.1) is 26.4 Å². The topological polar surface area (TPSA) is 80.3 Å². The van der Waals surface area contributed by atoms with Crippen molar-refractivity contribution in [3.63, 3.8) is 0 Å². The van der Waals surface area contributed by atoms with Crippen molar-refractivity contribution in [2.75, 3.05) is 20.8 Å². The molecule has 1 heterocycles. The molecule has 0 radical (unpaired) electrons. The van der Waals surface area contributed by atoms with Crippen molar-refractivity contribution in [3.8, 4) is 23.0 Å². The molecule has 3 rings (SSSR count). The molecule has 0 saturated heterocycles. The lowest BCUT2D eigenvalue weighted by Gasteiger charge is -2.13. The number of ether oxygens (including phenoxy) is 5. The lowest BCUT2D eigenvalue weighted by molar-refractivity contribution is -0.150. The van der Waals surface area contributed by atoms with Crippen molar-refractivity contribution in [3.05, 3.63) is 53.3 Å². The van der Waals surface area contributed by atoms with E-state index in [0.29, 0.717) is 28.6 Å². The summed E-state index contributed by atoms with van der Waals surface area (Å²) in [5.41, 5.74) is 1.15. The van der Waals surface area contributed by atoms with Crippen LogP contribution in [0.25, 0.3) is 6.08 Å². The third kappa shape index (κ3) is 4.34. The normalized spacial score (nSPS) is 14.8. The Hall–Kier alpha value is -3.48. The Morgan fingerprint density at radius 3 is 2.55 bits per heavy atom. The molecule has 1 atom stereocenters. The first-order chi connectivity index (χ1) is 14.0. The Bertz CT molecular complexity index is 962. The molecule has 0 unspecified atom stereocenters. The minimum Gasteiger partial charge on any atom is -0.493 e. The van der Waals surface area contributed by atoms with E-state index in [4.69, 9.17) is 23.7 Å². The van der Waals surface area contributed by atoms with Crippen LogP contribution in [0.3, 0.4) is 0 Å². The highest BCUT2D eigenvalue weighted by molar-refractivity contribution is 6.14. The van der Waals surface area contributed by atoms with Gasteiger partial charge in [-0.15, -0.1) is 0 Å². The SMILES string of the molecule is CCOC(=O)[C@H](C)Oc1ccc2c(c1)O/C(=C\c1ccc(OC)c(OC)c1)C2=O. The summed E-state index contributed by atoms with van der Waals surface area (Å²) in [6.07, 6.45) is 0.860. The molecule has 1 aliphatic rings. The number of fused-ring (bicyclic) bond motifs is 1. The number of methoxy groups -OCH3 is 2. The van der Waals surface area contributed by atoms with E-state index in [2.05, 4.69) is 0 Å². The smallest absolute Gasteiger partial charge is 0.347 e. The monoisotopic (exact) mass is 398 g/mol. The Balaban J connectivity index is 1.80. The molecule has 0 saturated carbocycles. The molecule has 2 aromatic rings. The van der Waals surface area contributed by atoms with Crippen molar-refractivity contribution in [1.29, 1.82) is 0 Å². The summed E-state index contributed by atoms with van der Waals surface area (Å²) >= 11 is 0. The summed E-state index contributed by atoms with van der Waals surface area (Å²) in [6.45, 7) is 3.60. The first kappa shape index (κ1) is 20.3. The average Bonchev–Trinajstić information content (AvgIpc) is 3.02. The van der Waals surface area contributed by atoms with Gasteiger partial charge in [-0.05, 0) is 49.8 Å². The lowest BCUT2D eigenvalue weighted by Crippen LogP contribution is -2.26. The number of hydrogen-bond acceptors (Lipinski definition) is 7. The van der Waals surface area contributed by atoms with Crippen LogP contribution in [0, 0.1) is 0 Å². The second-order valence-electron chi connectivity index (χ2n) is 6.22. The zero-order valence-electron chi connectivity index (χ0n) is 16.7. The van der Waals surface area contributed by atoms with Gasteiger partial charge in [-0.2, -0.15) is 0 Å². The molecule has 0 amide bonds. The number of ketones is 1. The molecule has 7 nitrogen and oxygen atoms in total. The molecule has 29 heavy (non-hydrogen) atoms. The van der Waals surface area contributed by atoms with Gasteiger partial charge in [-0.25, -0.2) is 4.79 Å². The molecule has 1 aliphatic heterocycles. The quantitative estimate of drug-likeness (QED) is 0.520. The Morgan fingerprint density at radius 2 is 1.86 bits per heavy atom. The van der Waals surface area contributed by atoms with Crippen molar-refractivity contribution in [2.24, 2.45) is 0 Å². The highest BCUT2D eigenvalue weighted by atomic mass is 16.6. The Kier molecular flexibility index (Phi) is 6.07. The number of esters is 1. The predicted molar refractivity (Wildman–Crippen MR) is 106 cm³/mol. The zero-order valence-corrected chi connectivity index (χ0v) is 16.7. The standard InChI is InChI=1S/C22H22O7/c1-5-27-22(24)13(2)28-15-7-8-16-18(12-15)29-20(21(16)23)11-14-6-9-17(25-3)19(10-14)26-4/h6-13H,5H2,1-4H3/b20-11-/t13-/m0/s1. The molecule has 7 heteroatoms. The molecule has 0 aliphatic carbocycles. The average molecular weight is 398 g/mol. The van der Waals surface area contributed by atoms with Gasteiger partial charge in [0.2, 0.25) is 5.78 Å². The van der Waals surface area contributed by atoms with E-state index in [9.17, 15) is 9.59 Å². The molecule has 0 fully saturated rings. The van der Waals surface area contributed by atoms with Crippen molar-refractivity contribution < 1.29 is 33.3 Å². The maximum absolute atomic E-state index is 12.6. The van der Waals surface area contributed by atoms with Crippen LogP contribution >= 0.6 is 0 Å². The minimum absolute atomic E-state index is 0.183. The summed E-state index contributed by atoms with van der Waals surface area (Å²) in [5, 5.41) is 0. The number of benzene rings is 2. The molecule has 152 valence electrons. The van der Waals surface area contributed by atoms with Gasteiger partial charge >= 0.3 is 5.97 Å². The first-order valence-electron chi connectivity index (χ1n) is 9.10. The molecular formula is C22H22O7. The van der Waals surface area contributed by atoms with Crippen LogP contribution in [-0.2, 0) is 9.53 Å². The third-order valence-corrected chi connectivity index (χ3v) is 4.28. The van der Waals surface area contributed by atoms with E-state index < -0.39 is 12.1 Å². The lowest BCUT2D eigenvalue weighted by atomic mass is 10.1.